The minimum Gasteiger partial charge on any atom is -0.0836 e. The molecule has 3 heteroatoms. The predicted molar refractivity (Wildman–Crippen MR) is 77.1 cm³/mol. The van der Waals surface area contributed by atoms with E-state index in [2.05, 4.69) is 22.0 Å². The Bertz CT molecular complexity index is 420. The predicted octanol–water partition coefficient (Wildman–Crippen LogP) is 5.87. The van der Waals surface area contributed by atoms with Gasteiger partial charge in [-0.05, 0) is 48.3 Å². The average molecular weight is 334 g/mol. The van der Waals surface area contributed by atoms with Gasteiger partial charge in [0.05, 0.1) is 10.0 Å². The maximum absolute atomic E-state index is 6.08. The average Bonchev–Trinajstić information content (AvgIpc) is 3.06. The normalized spacial score (nSPS) is 33.0. The number of hydrogen-bond acceptors (Lipinski definition) is 0. The van der Waals surface area contributed by atoms with E-state index < -0.39 is 0 Å². The van der Waals surface area contributed by atoms with Gasteiger partial charge < -0.3 is 0 Å². The fraction of sp³-hybridized carbons (Fsp3) is 0.571. The minimum absolute atomic E-state index is 0.449. The van der Waals surface area contributed by atoms with Crippen LogP contribution in [0.25, 0.3) is 0 Å². The van der Waals surface area contributed by atoms with E-state index in [9.17, 15) is 0 Å². The summed E-state index contributed by atoms with van der Waals surface area (Å²) in [6.45, 7) is 0. The number of benzene rings is 1. The van der Waals surface area contributed by atoms with Crippen LogP contribution in [0.15, 0.2) is 18.2 Å². The molecular formula is C14H15BrCl2. The Hall–Kier alpha value is 0.280. The number of fused-ring (bicyclic) bond motifs is 1. The van der Waals surface area contributed by atoms with Gasteiger partial charge in [-0.25, -0.2) is 0 Å². The first-order valence-electron chi connectivity index (χ1n) is 6.27. The van der Waals surface area contributed by atoms with Crippen molar-refractivity contribution in [3.63, 3.8) is 0 Å². The summed E-state index contributed by atoms with van der Waals surface area (Å²) in [6.07, 6.45) is 5.66. The second-order valence-corrected chi connectivity index (χ2v) is 7.07. The van der Waals surface area contributed by atoms with Crippen LogP contribution >= 0.6 is 39.1 Å². The summed E-state index contributed by atoms with van der Waals surface area (Å²) in [4.78, 5) is 0.449. The second-order valence-electron chi connectivity index (χ2n) is 5.26. The van der Waals surface area contributed by atoms with Gasteiger partial charge in [0, 0.05) is 4.83 Å². The first-order chi connectivity index (χ1) is 8.18. The summed E-state index contributed by atoms with van der Waals surface area (Å²) in [5.74, 6) is 2.71. The molecule has 3 rings (SSSR count). The summed E-state index contributed by atoms with van der Waals surface area (Å²) >= 11 is 15.9. The zero-order valence-corrected chi connectivity index (χ0v) is 12.6. The third kappa shape index (κ3) is 2.27. The van der Waals surface area contributed by atoms with E-state index in [1.54, 1.807) is 0 Å². The molecule has 3 atom stereocenters. The van der Waals surface area contributed by atoms with Gasteiger partial charge in [0.15, 0.2) is 0 Å². The van der Waals surface area contributed by atoms with E-state index in [1.807, 2.05) is 12.1 Å². The Labute approximate surface area is 121 Å². The second kappa shape index (κ2) is 4.75. The molecule has 0 aliphatic heterocycles. The summed E-state index contributed by atoms with van der Waals surface area (Å²) in [7, 11) is 0. The molecule has 2 fully saturated rings. The van der Waals surface area contributed by atoms with Crippen molar-refractivity contribution < 1.29 is 0 Å². The van der Waals surface area contributed by atoms with Gasteiger partial charge in [-0.2, -0.15) is 0 Å². The monoisotopic (exact) mass is 332 g/mol. The van der Waals surface area contributed by atoms with Crippen LogP contribution in [-0.2, 0) is 0 Å². The molecule has 0 spiro atoms. The van der Waals surface area contributed by atoms with E-state index in [0.29, 0.717) is 14.9 Å². The van der Waals surface area contributed by atoms with Gasteiger partial charge in [0.25, 0.3) is 0 Å². The van der Waals surface area contributed by atoms with E-state index in [1.165, 1.54) is 31.2 Å². The largest absolute Gasteiger partial charge is 0.0836 e. The van der Waals surface area contributed by atoms with E-state index >= 15 is 0 Å². The maximum Gasteiger partial charge on any atom is 0.0595 e. The Morgan fingerprint density at radius 2 is 1.71 bits per heavy atom. The quantitative estimate of drug-likeness (QED) is 0.594. The first-order valence-corrected chi connectivity index (χ1v) is 7.94. The van der Waals surface area contributed by atoms with Gasteiger partial charge in [0.2, 0.25) is 0 Å². The Balaban J connectivity index is 1.78. The molecule has 3 unspecified atom stereocenters. The summed E-state index contributed by atoms with van der Waals surface area (Å²) in [5.41, 5.74) is 1.28. The number of halogens is 3. The molecule has 0 bridgehead atoms. The lowest BCUT2D eigenvalue weighted by Crippen LogP contribution is -1.95. The van der Waals surface area contributed by atoms with Gasteiger partial charge >= 0.3 is 0 Å². The van der Waals surface area contributed by atoms with Gasteiger partial charge in [-0.3, -0.25) is 0 Å². The van der Waals surface area contributed by atoms with Crippen molar-refractivity contribution in [2.24, 2.45) is 17.8 Å². The van der Waals surface area contributed by atoms with Gasteiger partial charge in [0.1, 0.15) is 0 Å². The maximum atomic E-state index is 6.08. The van der Waals surface area contributed by atoms with Crippen molar-refractivity contribution in [3.05, 3.63) is 33.8 Å². The lowest BCUT2D eigenvalue weighted by atomic mass is 10.0. The van der Waals surface area contributed by atoms with Crippen molar-refractivity contribution >= 4 is 39.1 Å². The summed E-state index contributed by atoms with van der Waals surface area (Å²) < 4.78 is 0. The van der Waals surface area contributed by atoms with Crippen LogP contribution in [0.4, 0.5) is 0 Å². The molecule has 2 saturated carbocycles. The van der Waals surface area contributed by atoms with Gasteiger partial charge in [-0.15, -0.1) is 0 Å². The van der Waals surface area contributed by atoms with Crippen molar-refractivity contribution in [2.75, 3.05) is 0 Å². The lowest BCUT2D eigenvalue weighted by molar-refractivity contribution is 0.480. The zero-order valence-electron chi connectivity index (χ0n) is 9.50. The fourth-order valence-corrected chi connectivity index (χ4v) is 4.76. The molecule has 0 heterocycles. The molecule has 1 aromatic carbocycles. The third-order valence-electron chi connectivity index (χ3n) is 4.32. The van der Waals surface area contributed by atoms with Crippen LogP contribution in [-0.4, -0.2) is 0 Å². The fourth-order valence-electron chi connectivity index (χ4n) is 3.39. The minimum atomic E-state index is 0.449. The Morgan fingerprint density at radius 1 is 1.06 bits per heavy atom. The van der Waals surface area contributed by atoms with Gasteiger partial charge in [-0.1, -0.05) is 58.0 Å². The molecule has 0 N–H and O–H groups in total. The van der Waals surface area contributed by atoms with Crippen molar-refractivity contribution in [2.45, 2.75) is 30.5 Å². The molecule has 0 amide bonds. The van der Waals surface area contributed by atoms with E-state index in [-0.39, 0.29) is 0 Å². The van der Waals surface area contributed by atoms with Crippen LogP contribution in [0.5, 0.6) is 0 Å². The lowest BCUT2D eigenvalue weighted by Gasteiger charge is -2.11. The molecule has 1 aromatic rings. The highest BCUT2D eigenvalue weighted by molar-refractivity contribution is 9.09. The van der Waals surface area contributed by atoms with Crippen LogP contribution in [0.1, 0.15) is 36.1 Å². The highest BCUT2D eigenvalue weighted by Gasteiger charge is 2.53. The zero-order chi connectivity index (χ0) is 12.0. The highest BCUT2D eigenvalue weighted by Crippen LogP contribution is 2.62. The van der Waals surface area contributed by atoms with Crippen molar-refractivity contribution in [1.82, 2.24) is 0 Å². The molecule has 17 heavy (non-hydrogen) atoms. The molecule has 0 aromatic heterocycles. The van der Waals surface area contributed by atoms with E-state index in [0.717, 1.165) is 17.8 Å². The summed E-state index contributed by atoms with van der Waals surface area (Å²) in [5, 5.41) is 1.31. The smallest absolute Gasteiger partial charge is 0.0595 e. The molecular weight excluding hydrogens is 319 g/mol. The van der Waals surface area contributed by atoms with Crippen molar-refractivity contribution in [1.29, 1.82) is 0 Å². The van der Waals surface area contributed by atoms with Crippen molar-refractivity contribution in [3.8, 4) is 0 Å². The Kier molecular flexibility index (Phi) is 3.44. The molecule has 2 aliphatic rings. The molecule has 0 saturated heterocycles. The number of hydrogen-bond donors (Lipinski definition) is 0. The molecule has 0 radical (unpaired) electrons. The molecule has 2 aliphatic carbocycles. The molecule has 0 nitrogen and oxygen atoms in total. The first kappa shape index (κ1) is 12.3. The highest BCUT2D eigenvalue weighted by atomic mass is 79.9. The third-order valence-corrected chi connectivity index (χ3v) is 6.20. The van der Waals surface area contributed by atoms with Crippen LogP contribution in [0.3, 0.4) is 0 Å². The standard InChI is InChI=1S/C14H15BrCl2/c15-14(8-5-6-11(16)12(17)7-8)13-9-3-1-2-4-10(9)13/h5-7,9-10,13-14H,1-4H2. The van der Waals surface area contributed by atoms with Crippen LogP contribution in [0.2, 0.25) is 10.0 Å². The van der Waals surface area contributed by atoms with Crippen LogP contribution in [0, 0.1) is 17.8 Å². The molecule has 92 valence electrons. The summed E-state index contributed by atoms with van der Waals surface area (Å²) in [6, 6.07) is 6.01. The number of rotatable bonds is 2. The SMILES string of the molecule is Clc1ccc(C(Br)C2C3CCCCC32)cc1Cl. The van der Waals surface area contributed by atoms with E-state index in [4.69, 9.17) is 23.2 Å². The number of alkyl halides is 1. The topological polar surface area (TPSA) is 0 Å². The van der Waals surface area contributed by atoms with Crippen LogP contribution < -0.4 is 0 Å². The Morgan fingerprint density at radius 3 is 2.29 bits per heavy atom.